The van der Waals surface area contributed by atoms with Crippen LogP contribution in [0.25, 0.3) is 22.4 Å². The van der Waals surface area contributed by atoms with Gasteiger partial charge in [-0.05, 0) is 44.2 Å². The lowest BCUT2D eigenvalue weighted by Gasteiger charge is -2.14. The molecule has 0 aliphatic rings. The molecule has 0 spiro atoms. The first-order valence-electron chi connectivity index (χ1n) is 6.73. The third-order valence-electron chi connectivity index (χ3n) is 3.43. The first-order chi connectivity index (χ1) is 9.97. The summed E-state index contributed by atoms with van der Waals surface area (Å²) in [4.78, 5) is 4.63. The Morgan fingerprint density at radius 2 is 1.95 bits per heavy atom. The highest BCUT2D eigenvalue weighted by atomic mass is 35.5. The second-order valence-electron chi connectivity index (χ2n) is 5.31. The smallest absolute Gasteiger partial charge is 0.145 e. The van der Waals surface area contributed by atoms with Crippen molar-refractivity contribution in [2.75, 3.05) is 5.73 Å². The van der Waals surface area contributed by atoms with Gasteiger partial charge in [0.25, 0.3) is 0 Å². The highest BCUT2D eigenvalue weighted by Crippen LogP contribution is 2.35. The Labute approximate surface area is 127 Å². The molecule has 108 valence electrons. The molecular weight excluding hydrogens is 286 g/mol. The zero-order valence-corrected chi connectivity index (χ0v) is 12.6. The molecule has 0 amide bonds. The normalized spacial score (nSPS) is 11.4. The molecule has 1 aromatic heterocycles. The van der Waals surface area contributed by atoms with E-state index in [2.05, 4.69) is 23.4 Å². The van der Waals surface area contributed by atoms with Crippen LogP contribution < -0.4 is 5.73 Å². The van der Waals surface area contributed by atoms with Crippen LogP contribution in [0.1, 0.15) is 19.9 Å². The summed E-state index contributed by atoms with van der Waals surface area (Å²) in [5, 5.41) is 10.8. The molecule has 0 aliphatic carbocycles. The van der Waals surface area contributed by atoms with Crippen molar-refractivity contribution in [3.8, 4) is 17.1 Å². The number of anilines is 1. The van der Waals surface area contributed by atoms with Crippen LogP contribution in [0.3, 0.4) is 0 Å². The van der Waals surface area contributed by atoms with Gasteiger partial charge in [0.2, 0.25) is 0 Å². The Morgan fingerprint density at radius 3 is 2.62 bits per heavy atom. The minimum absolute atomic E-state index is 0.123. The number of hydrogen-bond acceptors (Lipinski definition) is 3. The molecule has 0 unspecified atom stereocenters. The zero-order chi connectivity index (χ0) is 15.1. The van der Waals surface area contributed by atoms with E-state index in [1.54, 1.807) is 12.1 Å². The number of imidazole rings is 1. The molecular formula is C16H16ClN3O. The number of phenols is 1. The molecule has 0 aliphatic heterocycles. The molecule has 0 bridgehead atoms. The van der Waals surface area contributed by atoms with Gasteiger partial charge in [-0.3, -0.25) is 0 Å². The van der Waals surface area contributed by atoms with Crippen LogP contribution in [0.2, 0.25) is 5.02 Å². The maximum Gasteiger partial charge on any atom is 0.145 e. The van der Waals surface area contributed by atoms with Crippen LogP contribution in [0, 0.1) is 0 Å². The van der Waals surface area contributed by atoms with Crippen molar-refractivity contribution in [3.63, 3.8) is 0 Å². The number of hydrogen-bond donors (Lipinski definition) is 2. The van der Waals surface area contributed by atoms with Crippen LogP contribution in [-0.4, -0.2) is 14.7 Å². The molecule has 4 nitrogen and oxygen atoms in total. The number of rotatable bonds is 2. The molecule has 2 aromatic carbocycles. The number of fused-ring (bicyclic) bond motifs is 1. The summed E-state index contributed by atoms with van der Waals surface area (Å²) < 4.78 is 2.08. The number of nitrogens with zero attached hydrogens (tertiary/aromatic N) is 2. The molecule has 5 heteroatoms. The van der Waals surface area contributed by atoms with Gasteiger partial charge < -0.3 is 15.4 Å². The number of nitrogen functional groups attached to an aromatic ring is 1. The Morgan fingerprint density at radius 1 is 1.19 bits per heavy atom. The number of benzene rings is 2. The van der Waals surface area contributed by atoms with Crippen molar-refractivity contribution in [1.29, 1.82) is 0 Å². The minimum atomic E-state index is 0.123. The molecule has 0 saturated carbocycles. The van der Waals surface area contributed by atoms with Gasteiger partial charge in [-0.15, -0.1) is 0 Å². The van der Waals surface area contributed by atoms with Crippen molar-refractivity contribution in [1.82, 2.24) is 9.55 Å². The van der Waals surface area contributed by atoms with E-state index >= 15 is 0 Å². The molecule has 1 heterocycles. The maximum atomic E-state index is 10.2. The standard InChI is InChI=1S/C16H16ClN3O/c1-9(2)20-14-6-3-10(17)7-13(14)19-16(20)12-5-4-11(18)8-15(12)21/h3-9,21H,18H2,1-2H3. The first-order valence-corrected chi connectivity index (χ1v) is 7.11. The largest absolute Gasteiger partial charge is 0.507 e. The van der Waals surface area contributed by atoms with Crippen molar-refractivity contribution < 1.29 is 5.11 Å². The maximum absolute atomic E-state index is 10.2. The summed E-state index contributed by atoms with van der Waals surface area (Å²) in [7, 11) is 0. The van der Waals surface area contributed by atoms with Crippen molar-refractivity contribution >= 4 is 28.3 Å². The van der Waals surface area contributed by atoms with Gasteiger partial charge in [-0.25, -0.2) is 4.98 Å². The van der Waals surface area contributed by atoms with Gasteiger partial charge in [0.05, 0.1) is 16.6 Å². The Balaban J connectivity index is 2.33. The molecule has 21 heavy (non-hydrogen) atoms. The van der Waals surface area contributed by atoms with E-state index in [1.165, 1.54) is 6.07 Å². The van der Waals surface area contributed by atoms with E-state index in [1.807, 2.05) is 18.2 Å². The molecule has 0 atom stereocenters. The van der Waals surface area contributed by atoms with E-state index in [4.69, 9.17) is 17.3 Å². The molecule has 0 radical (unpaired) electrons. The SMILES string of the molecule is CC(C)n1c(-c2ccc(N)cc2O)nc2cc(Cl)ccc21. The Hall–Kier alpha value is -2.20. The van der Waals surface area contributed by atoms with E-state index in [0.29, 0.717) is 22.1 Å². The van der Waals surface area contributed by atoms with Gasteiger partial charge in [-0.1, -0.05) is 11.6 Å². The first kappa shape index (κ1) is 13.8. The molecule has 0 saturated heterocycles. The second kappa shape index (κ2) is 4.97. The van der Waals surface area contributed by atoms with Crippen LogP contribution in [0.5, 0.6) is 5.75 Å². The van der Waals surface area contributed by atoms with Crippen LogP contribution in [0.4, 0.5) is 5.69 Å². The topological polar surface area (TPSA) is 64.1 Å². The van der Waals surface area contributed by atoms with Crippen molar-refractivity contribution in [2.45, 2.75) is 19.9 Å². The van der Waals surface area contributed by atoms with Gasteiger partial charge in [0.1, 0.15) is 11.6 Å². The summed E-state index contributed by atoms with van der Waals surface area (Å²) in [6.45, 7) is 4.15. The van der Waals surface area contributed by atoms with Crippen LogP contribution in [-0.2, 0) is 0 Å². The third-order valence-corrected chi connectivity index (χ3v) is 3.67. The average Bonchev–Trinajstić information content (AvgIpc) is 2.76. The fraction of sp³-hybridized carbons (Fsp3) is 0.188. The average molecular weight is 302 g/mol. The van der Waals surface area contributed by atoms with Crippen molar-refractivity contribution in [2.24, 2.45) is 0 Å². The van der Waals surface area contributed by atoms with Crippen molar-refractivity contribution in [3.05, 3.63) is 41.4 Å². The van der Waals surface area contributed by atoms with Gasteiger partial charge >= 0.3 is 0 Å². The molecule has 3 aromatic rings. The summed E-state index contributed by atoms with van der Waals surface area (Å²) in [5.41, 5.74) is 8.67. The molecule has 3 N–H and O–H groups in total. The Kier molecular flexibility index (Phi) is 3.26. The highest BCUT2D eigenvalue weighted by Gasteiger charge is 2.17. The second-order valence-corrected chi connectivity index (χ2v) is 5.75. The highest BCUT2D eigenvalue weighted by molar-refractivity contribution is 6.31. The zero-order valence-electron chi connectivity index (χ0n) is 11.8. The van der Waals surface area contributed by atoms with E-state index in [0.717, 1.165) is 11.0 Å². The monoisotopic (exact) mass is 301 g/mol. The molecule has 0 fully saturated rings. The summed E-state index contributed by atoms with van der Waals surface area (Å²) >= 11 is 6.04. The van der Waals surface area contributed by atoms with Gasteiger partial charge in [0, 0.05) is 22.8 Å². The Bertz CT molecular complexity index is 824. The number of nitrogens with two attached hydrogens (primary N) is 1. The molecule has 3 rings (SSSR count). The lowest BCUT2D eigenvalue weighted by molar-refractivity contribution is 0.476. The fourth-order valence-corrected chi connectivity index (χ4v) is 2.69. The van der Waals surface area contributed by atoms with E-state index in [9.17, 15) is 5.11 Å². The third kappa shape index (κ3) is 2.32. The van der Waals surface area contributed by atoms with E-state index in [-0.39, 0.29) is 11.8 Å². The quantitative estimate of drug-likeness (QED) is 0.696. The van der Waals surface area contributed by atoms with Gasteiger partial charge in [-0.2, -0.15) is 0 Å². The minimum Gasteiger partial charge on any atom is -0.507 e. The van der Waals surface area contributed by atoms with Crippen LogP contribution >= 0.6 is 11.6 Å². The number of halogens is 1. The van der Waals surface area contributed by atoms with Crippen LogP contribution in [0.15, 0.2) is 36.4 Å². The summed E-state index contributed by atoms with van der Waals surface area (Å²) in [6.07, 6.45) is 0. The predicted octanol–water partition coefficient (Wildman–Crippen LogP) is 4.23. The lowest BCUT2D eigenvalue weighted by Crippen LogP contribution is -2.03. The van der Waals surface area contributed by atoms with E-state index < -0.39 is 0 Å². The predicted molar refractivity (Wildman–Crippen MR) is 86.6 cm³/mol. The lowest BCUT2D eigenvalue weighted by atomic mass is 10.1. The fourth-order valence-electron chi connectivity index (χ4n) is 2.52. The van der Waals surface area contributed by atoms with Gasteiger partial charge in [0.15, 0.2) is 0 Å². The number of phenolic OH excluding ortho intramolecular Hbond substituents is 1. The number of aromatic hydroxyl groups is 1. The summed E-state index contributed by atoms with van der Waals surface area (Å²) in [5.74, 6) is 0.832. The summed E-state index contributed by atoms with van der Waals surface area (Å²) in [6, 6.07) is 10.9. The number of aromatic nitrogens is 2.